The van der Waals surface area contributed by atoms with Crippen LogP contribution < -0.4 is 9.47 Å². The molecule has 134 valence electrons. The molecule has 0 spiro atoms. The van der Waals surface area contributed by atoms with Gasteiger partial charge in [-0.3, -0.25) is 0 Å². The summed E-state index contributed by atoms with van der Waals surface area (Å²) in [5.41, 5.74) is 1.39. The van der Waals surface area contributed by atoms with Crippen LogP contribution in [0.2, 0.25) is 0 Å². The first kappa shape index (κ1) is 17.1. The molecule has 0 saturated carbocycles. The molecule has 4 nitrogen and oxygen atoms in total. The first-order chi connectivity index (χ1) is 13.2. The van der Waals surface area contributed by atoms with Gasteiger partial charge in [-0.15, -0.1) is 11.3 Å². The van der Waals surface area contributed by atoms with Gasteiger partial charge in [0.25, 0.3) is 0 Å². The highest BCUT2D eigenvalue weighted by Crippen LogP contribution is 2.36. The summed E-state index contributed by atoms with van der Waals surface area (Å²) in [6.07, 6.45) is 0. The van der Waals surface area contributed by atoms with Gasteiger partial charge >= 0.3 is 5.97 Å². The number of ether oxygens (including phenoxy) is 2. The second kappa shape index (κ2) is 7.51. The minimum Gasteiger partial charge on any atom is -0.489 e. The van der Waals surface area contributed by atoms with Crippen molar-refractivity contribution in [3.63, 3.8) is 0 Å². The van der Waals surface area contributed by atoms with E-state index in [1.807, 2.05) is 60.0 Å². The van der Waals surface area contributed by atoms with E-state index in [1.54, 1.807) is 18.2 Å². The average Bonchev–Trinajstić information content (AvgIpc) is 3.10. The molecule has 1 aromatic heterocycles. The Bertz CT molecular complexity index is 1070. The van der Waals surface area contributed by atoms with Gasteiger partial charge < -0.3 is 14.6 Å². The molecule has 0 aliphatic heterocycles. The van der Waals surface area contributed by atoms with E-state index >= 15 is 0 Å². The molecular weight excluding hydrogens is 360 g/mol. The molecule has 1 heterocycles. The van der Waals surface area contributed by atoms with Crippen LogP contribution in [-0.2, 0) is 6.61 Å². The monoisotopic (exact) mass is 376 g/mol. The number of carbonyl (C=O) groups is 1. The number of thiophene rings is 1. The Morgan fingerprint density at radius 1 is 0.926 bits per heavy atom. The zero-order valence-electron chi connectivity index (χ0n) is 14.3. The maximum atomic E-state index is 11.1. The summed E-state index contributed by atoms with van der Waals surface area (Å²) in [6, 6.07) is 22.5. The normalized spacial score (nSPS) is 10.7. The molecule has 27 heavy (non-hydrogen) atoms. The summed E-state index contributed by atoms with van der Waals surface area (Å²) in [7, 11) is 0. The molecule has 4 rings (SSSR count). The Kier molecular flexibility index (Phi) is 4.77. The summed E-state index contributed by atoms with van der Waals surface area (Å²) < 4.78 is 12.6. The van der Waals surface area contributed by atoms with E-state index < -0.39 is 5.97 Å². The predicted molar refractivity (Wildman–Crippen MR) is 106 cm³/mol. The standard InChI is InChI=1S/C22H16O4S/c23-22(24)16-6-11-19-20(14-27-21(19)12-16)26-18-9-7-17(8-10-18)25-13-15-4-2-1-3-5-15/h1-12,14H,13H2,(H,23,24). The average molecular weight is 376 g/mol. The van der Waals surface area contributed by atoms with Crippen LogP contribution in [0.3, 0.4) is 0 Å². The molecule has 0 atom stereocenters. The fourth-order valence-electron chi connectivity index (χ4n) is 2.69. The Balaban J connectivity index is 1.45. The van der Waals surface area contributed by atoms with E-state index in [1.165, 1.54) is 11.3 Å². The summed E-state index contributed by atoms with van der Waals surface area (Å²) in [5.74, 6) is 1.25. The first-order valence-electron chi connectivity index (χ1n) is 8.38. The van der Waals surface area contributed by atoms with Crippen molar-refractivity contribution in [3.8, 4) is 17.2 Å². The molecule has 0 saturated heterocycles. The topological polar surface area (TPSA) is 55.8 Å². The van der Waals surface area contributed by atoms with E-state index in [2.05, 4.69) is 0 Å². The van der Waals surface area contributed by atoms with E-state index in [9.17, 15) is 4.79 Å². The minimum absolute atomic E-state index is 0.274. The van der Waals surface area contributed by atoms with Crippen molar-refractivity contribution in [2.45, 2.75) is 6.61 Å². The number of hydrogen-bond donors (Lipinski definition) is 1. The second-order valence-corrected chi connectivity index (χ2v) is 6.88. The van der Waals surface area contributed by atoms with Gasteiger partial charge in [-0.25, -0.2) is 4.79 Å². The lowest BCUT2D eigenvalue weighted by atomic mass is 10.2. The largest absolute Gasteiger partial charge is 0.489 e. The van der Waals surface area contributed by atoms with Crippen LogP contribution in [0, 0.1) is 0 Å². The summed E-state index contributed by atoms with van der Waals surface area (Å²) >= 11 is 1.46. The third kappa shape index (κ3) is 3.93. The molecule has 0 radical (unpaired) electrons. The smallest absolute Gasteiger partial charge is 0.335 e. The predicted octanol–water partition coefficient (Wildman–Crippen LogP) is 5.97. The van der Waals surface area contributed by atoms with Crippen molar-refractivity contribution in [2.75, 3.05) is 0 Å². The third-order valence-electron chi connectivity index (χ3n) is 4.09. The van der Waals surface area contributed by atoms with Crippen molar-refractivity contribution in [3.05, 3.63) is 89.3 Å². The number of aromatic carboxylic acids is 1. The Morgan fingerprint density at radius 2 is 1.67 bits per heavy atom. The third-order valence-corrected chi connectivity index (χ3v) is 5.01. The van der Waals surface area contributed by atoms with Crippen molar-refractivity contribution in [2.24, 2.45) is 0 Å². The van der Waals surface area contributed by atoms with Crippen molar-refractivity contribution in [1.29, 1.82) is 0 Å². The SMILES string of the molecule is O=C(O)c1ccc2c(Oc3ccc(OCc4ccccc4)cc3)csc2c1. The maximum absolute atomic E-state index is 11.1. The lowest BCUT2D eigenvalue weighted by molar-refractivity contribution is 0.0697. The molecule has 0 aliphatic rings. The van der Waals surface area contributed by atoms with Crippen LogP contribution >= 0.6 is 11.3 Å². The summed E-state index contributed by atoms with van der Waals surface area (Å²) in [6.45, 7) is 0.516. The van der Waals surface area contributed by atoms with E-state index in [4.69, 9.17) is 14.6 Å². The highest BCUT2D eigenvalue weighted by Gasteiger charge is 2.10. The lowest BCUT2D eigenvalue weighted by Crippen LogP contribution is -1.95. The molecule has 0 amide bonds. The zero-order chi connectivity index (χ0) is 18.6. The van der Waals surface area contributed by atoms with Crippen LogP contribution in [-0.4, -0.2) is 11.1 Å². The van der Waals surface area contributed by atoms with Gasteiger partial charge in [-0.1, -0.05) is 30.3 Å². The molecule has 0 unspecified atom stereocenters. The van der Waals surface area contributed by atoms with Gasteiger partial charge in [0, 0.05) is 15.5 Å². The van der Waals surface area contributed by atoms with Crippen LogP contribution in [0.25, 0.3) is 10.1 Å². The quantitative estimate of drug-likeness (QED) is 0.450. The lowest BCUT2D eigenvalue weighted by Gasteiger charge is -2.08. The van der Waals surface area contributed by atoms with Gasteiger partial charge in [0.1, 0.15) is 23.9 Å². The molecule has 0 bridgehead atoms. The Morgan fingerprint density at radius 3 is 2.41 bits per heavy atom. The number of rotatable bonds is 6. The van der Waals surface area contributed by atoms with Gasteiger partial charge in [-0.2, -0.15) is 0 Å². The maximum Gasteiger partial charge on any atom is 0.335 e. The van der Waals surface area contributed by atoms with Gasteiger partial charge in [0.2, 0.25) is 0 Å². The molecule has 0 aliphatic carbocycles. The van der Waals surface area contributed by atoms with Crippen LogP contribution in [0.15, 0.2) is 78.2 Å². The highest BCUT2D eigenvalue weighted by atomic mass is 32.1. The molecule has 0 fully saturated rings. The van der Waals surface area contributed by atoms with E-state index in [-0.39, 0.29) is 5.56 Å². The Hall–Kier alpha value is -3.31. The fourth-order valence-corrected chi connectivity index (χ4v) is 3.59. The number of carboxylic acid groups (broad SMARTS) is 1. The molecule has 4 aromatic rings. The zero-order valence-corrected chi connectivity index (χ0v) is 15.1. The molecule has 3 aromatic carbocycles. The van der Waals surface area contributed by atoms with Gasteiger partial charge in [0.15, 0.2) is 0 Å². The number of fused-ring (bicyclic) bond motifs is 1. The highest BCUT2D eigenvalue weighted by molar-refractivity contribution is 7.17. The van der Waals surface area contributed by atoms with Gasteiger partial charge in [-0.05, 0) is 48.0 Å². The molecule has 1 N–H and O–H groups in total. The summed E-state index contributed by atoms with van der Waals surface area (Å²) in [4.78, 5) is 11.1. The fraction of sp³-hybridized carbons (Fsp3) is 0.0455. The number of benzene rings is 3. The first-order valence-corrected chi connectivity index (χ1v) is 9.26. The second-order valence-electron chi connectivity index (χ2n) is 5.96. The van der Waals surface area contributed by atoms with Crippen molar-refractivity contribution < 1.29 is 19.4 Å². The number of hydrogen-bond acceptors (Lipinski definition) is 4. The van der Waals surface area contributed by atoms with E-state index in [0.717, 1.165) is 21.4 Å². The van der Waals surface area contributed by atoms with Crippen LogP contribution in [0.1, 0.15) is 15.9 Å². The van der Waals surface area contributed by atoms with Crippen LogP contribution in [0.5, 0.6) is 17.2 Å². The van der Waals surface area contributed by atoms with E-state index in [0.29, 0.717) is 18.1 Å². The minimum atomic E-state index is -0.932. The van der Waals surface area contributed by atoms with Crippen molar-refractivity contribution >= 4 is 27.4 Å². The molecule has 5 heteroatoms. The van der Waals surface area contributed by atoms with Crippen LogP contribution in [0.4, 0.5) is 0 Å². The van der Waals surface area contributed by atoms with Gasteiger partial charge in [0.05, 0.1) is 5.56 Å². The molecular formula is C22H16O4S. The van der Waals surface area contributed by atoms with Crippen molar-refractivity contribution in [1.82, 2.24) is 0 Å². The summed E-state index contributed by atoms with van der Waals surface area (Å²) in [5, 5.41) is 11.9. The Labute approximate surface area is 160 Å². The number of carboxylic acids is 1.